The fourth-order valence-electron chi connectivity index (χ4n) is 2.98. The first-order valence-corrected chi connectivity index (χ1v) is 7.92. The number of hydrogen-bond donors (Lipinski definition) is 2. The lowest BCUT2D eigenvalue weighted by Crippen LogP contribution is -2.39. The smallest absolute Gasteiger partial charge is 0.221 e. The predicted octanol–water partition coefficient (Wildman–Crippen LogP) is 3.37. The lowest BCUT2D eigenvalue weighted by Gasteiger charge is -2.25. The fourth-order valence-corrected chi connectivity index (χ4v) is 2.98. The number of carbonyl (C=O) groups excluding carboxylic acids is 1. The normalized spacial score (nSPS) is 20.4. The molecule has 0 saturated heterocycles. The van der Waals surface area contributed by atoms with Crippen LogP contribution in [0.2, 0.25) is 0 Å². The van der Waals surface area contributed by atoms with Gasteiger partial charge < -0.3 is 11.1 Å². The summed E-state index contributed by atoms with van der Waals surface area (Å²) >= 11 is 0. The van der Waals surface area contributed by atoms with Gasteiger partial charge in [0.15, 0.2) is 0 Å². The van der Waals surface area contributed by atoms with Gasteiger partial charge in [-0.25, -0.2) is 0 Å². The molecule has 0 radical (unpaired) electrons. The molecule has 1 fully saturated rings. The van der Waals surface area contributed by atoms with Gasteiger partial charge in [-0.05, 0) is 24.7 Å². The van der Waals surface area contributed by atoms with Crippen molar-refractivity contribution in [3.63, 3.8) is 0 Å². The zero-order valence-electron chi connectivity index (χ0n) is 13.0. The zero-order chi connectivity index (χ0) is 14.3. The van der Waals surface area contributed by atoms with Gasteiger partial charge in [0, 0.05) is 18.5 Å². The highest BCUT2D eigenvalue weighted by atomic mass is 16.1. The van der Waals surface area contributed by atoms with Crippen LogP contribution in [0, 0.1) is 5.41 Å². The molecule has 1 unspecified atom stereocenters. The van der Waals surface area contributed by atoms with Gasteiger partial charge in [-0.3, -0.25) is 4.79 Å². The SMILES string of the molecule is CC(C)(C)CC(N)CC(=O)NC1CCCCCCC1. The van der Waals surface area contributed by atoms with Crippen LogP contribution in [0.4, 0.5) is 0 Å². The van der Waals surface area contributed by atoms with Crippen molar-refractivity contribution in [2.24, 2.45) is 11.1 Å². The van der Waals surface area contributed by atoms with E-state index in [1.165, 1.54) is 32.1 Å². The minimum Gasteiger partial charge on any atom is -0.353 e. The van der Waals surface area contributed by atoms with E-state index < -0.39 is 0 Å². The standard InChI is InChI=1S/C16H32N2O/c1-16(2,3)12-13(17)11-15(19)18-14-9-7-5-4-6-8-10-14/h13-14H,4-12,17H2,1-3H3,(H,18,19). The van der Waals surface area contributed by atoms with Crippen molar-refractivity contribution in [2.75, 3.05) is 0 Å². The first-order chi connectivity index (χ1) is 8.87. The maximum absolute atomic E-state index is 12.0. The Morgan fingerprint density at radius 3 is 2.21 bits per heavy atom. The molecule has 0 aromatic carbocycles. The van der Waals surface area contributed by atoms with Crippen LogP contribution in [0.25, 0.3) is 0 Å². The Balaban J connectivity index is 2.28. The summed E-state index contributed by atoms with van der Waals surface area (Å²) in [6, 6.07) is 0.364. The van der Waals surface area contributed by atoms with Crippen molar-refractivity contribution in [1.29, 1.82) is 0 Å². The number of nitrogens with one attached hydrogen (secondary N) is 1. The zero-order valence-corrected chi connectivity index (χ0v) is 13.0. The summed E-state index contributed by atoms with van der Waals surface area (Å²) in [5.41, 5.74) is 6.26. The molecular weight excluding hydrogens is 236 g/mol. The molecule has 3 N–H and O–H groups in total. The summed E-state index contributed by atoms with van der Waals surface area (Å²) < 4.78 is 0. The van der Waals surface area contributed by atoms with Gasteiger partial charge in [-0.1, -0.05) is 52.9 Å². The molecule has 1 rings (SSSR count). The Morgan fingerprint density at radius 1 is 1.16 bits per heavy atom. The minimum atomic E-state index is -0.0199. The van der Waals surface area contributed by atoms with Crippen molar-refractivity contribution in [2.45, 2.75) is 90.6 Å². The molecule has 112 valence electrons. The summed E-state index contributed by atoms with van der Waals surface area (Å²) in [5.74, 6) is 0.141. The molecule has 1 aliphatic carbocycles. The molecule has 0 aromatic heterocycles. The number of rotatable bonds is 4. The maximum atomic E-state index is 12.0. The van der Waals surface area contributed by atoms with E-state index in [0.717, 1.165) is 19.3 Å². The van der Waals surface area contributed by atoms with Crippen LogP contribution in [0.5, 0.6) is 0 Å². The second kappa shape index (κ2) is 7.88. The molecule has 1 aliphatic rings. The third-order valence-electron chi connectivity index (χ3n) is 3.79. The van der Waals surface area contributed by atoms with Crippen LogP contribution >= 0.6 is 0 Å². The topological polar surface area (TPSA) is 55.1 Å². The molecular formula is C16H32N2O. The second-order valence-corrected chi connectivity index (χ2v) is 7.34. The van der Waals surface area contributed by atoms with Gasteiger partial charge in [0.1, 0.15) is 0 Å². The lowest BCUT2D eigenvalue weighted by molar-refractivity contribution is -0.122. The number of hydrogen-bond acceptors (Lipinski definition) is 2. The molecule has 1 saturated carbocycles. The summed E-state index contributed by atoms with van der Waals surface area (Å²) in [4.78, 5) is 12.0. The largest absolute Gasteiger partial charge is 0.353 e. The molecule has 19 heavy (non-hydrogen) atoms. The van der Waals surface area contributed by atoms with Gasteiger partial charge >= 0.3 is 0 Å². The van der Waals surface area contributed by atoms with Crippen molar-refractivity contribution >= 4 is 5.91 Å². The van der Waals surface area contributed by atoms with Crippen LogP contribution in [0.3, 0.4) is 0 Å². The molecule has 0 aromatic rings. The molecule has 3 nitrogen and oxygen atoms in total. The summed E-state index contributed by atoms with van der Waals surface area (Å²) in [5, 5.41) is 3.18. The molecule has 0 aliphatic heterocycles. The van der Waals surface area contributed by atoms with Crippen LogP contribution in [0.1, 0.15) is 78.6 Å². The van der Waals surface area contributed by atoms with Gasteiger partial charge in [0.05, 0.1) is 0 Å². The third-order valence-corrected chi connectivity index (χ3v) is 3.79. The molecule has 0 spiro atoms. The van der Waals surface area contributed by atoms with E-state index in [-0.39, 0.29) is 17.4 Å². The molecule has 1 amide bonds. The summed E-state index contributed by atoms with van der Waals surface area (Å²) in [6.07, 6.45) is 10.1. The highest BCUT2D eigenvalue weighted by Crippen LogP contribution is 2.21. The lowest BCUT2D eigenvalue weighted by atomic mass is 9.87. The Labute approximate surface area is 118 Å². The fraction of sp³-hybridized carbons (Fsp3) is 0.938. The van der Waals surface area contributed by atoms with Crippen molar-refractivity contribution in [3.05, 3.63) is 0 Å². The van der Waals surface area contributed by atoms with Crippen LogP contribution in [-0.2, 0) is 4.79 Å². The first kappa shape index (κ1) is 16.5. The summed E-state index contributed by atoms with van der Waals surface area (Å²) in [6.45, 7) is 6.50. The number of nitrogens with two attached hydrogens (primary N) is 1. The van der Waals surface area contributed by atoms with E-state index in [1.807, 2.05) is 0 Å². The third kappa shape index (κ3) is 8.25. The van der Waals surface area contributed by atoms with E-state index in [9.17, 15) is 4.79 Å². The highest BCUT2D eigenvalue weighted by molar-refractivity contribution is 5.76. The highest BCUT2D eigenvalue weighted by Gasteiger charge is 2.20. The Bertz CT molecular complexity index is 262. The van der Waals surface area contributed by atoms with E-state index >= 15 is 0 Å². The average molecular weight is 268 g/mol. The van der Waals surface area contributed by atoms with Crippen LogP contribution in [-0.4, -0.2) is 18.0 Å². The minimum absolute atomic E-state index is 0.0199. The predicted molar refractivity (Wildman–Crippen MR) is 80.9 cm³/mol. The van der Waals surface area contributed by atoms with E-state index in [1.54, 1.807) is 0 Å². The van der Waals surface area contributed by atoms with Gasteiger partial charge in [0.2, 0.25) is 5.91 Å². The molecule has 3 heteroatoms. The van der Waals surface area contributed by atoms with Crippen LogP contribution < -0.4 is 11.1 Å². The molecule has 0 heterocycles. The van der Waals surface area contributed by atoms with Crippen molar-refractivity contribution < 1.29 is 4.79 Å². The van der Waals surface area contributed by atoms with Gasteiger partial charge in [-0.2, -0.15) is 0 Å². The van der Waals surface area contributed by atoms with Crippen LogP contribution in [0.15, 0.2) is 0 Å². The number of carbonyl (C=O) groups is 1. The Kier molecular flexibility index (Phi) is 6.84. The number of amides is 1. The average Bonchev–Trinajstić information content (AvgIpc) is 2.18. The van der Waals surface area contributed by atoms with Crippen molar-refractivity contribution in [1.82, 2.24) is 5.32 Å². The monoisotopic (exact) mass is 268 g/mol. The van der Waals surface area contributed by atoms with E-state index in [2.05, 4.69) is 26.1 Å². The quantitative estimate of drug-likeness (QED) is 0.821. The van der Waals surface area contributed by atoms with Crippen molar-refractivity contribution in [3.8, 4) is 0 Å². The molecule has 1 atom stereocenters. The van der Waals surface area contributed by atoms with E-state index in [4.69, 9.17) is 5.73 Å². The Hall–Kier alpha value is -0.570. The van der Waals surface area contributed by atoms with Gasteiger partial charge in [0.25, 0.3) is 0 Å². The summed E-state index contributed by atoms with van der Waals surface area (Å²) in [7, 11) is 0. The first-order valence-electron chi connectivity index (χ1n) is 7.92. The van der Waals surface area contributed by atoms with Gasteiger partial charge in [-0.15, -0.1) is 0 Å². The Morgan fingerprint density at radius 2 is 1.68 bits per heavy atom. The van der Waals surface area contributed by atoms with E-state index in [0.29, 0.717) is 12.5 Å². The maximum Gasteiger partial charge on any atom is 0.221 e. The molecule has 0 bridgehead atoms. The second-order valence-electron chi connectivity index (χ2n) is 7.34.